The Morgan fingerprint density at radius 3 is 3.08 bits per heavy atom. The molecule has 3 atom stereocenters. The van der Waals surface area contributed by atoms with Crippen LogP contribution < -0.4 is 10.6 Å². The van der Waals surface area contributed by atoms with Gasteiger partial charge in [0.25, 0.3) is 0 Å². The van der Waals surface area contributed by atoms with Crippen LogP contribution in [0, 0.1) is 11.8 Å². The van der Waals surface area contributed by atoms with Gasteiger partial charge in [0.15, 0.2) is 4.34 Å². The molecule has 0 radical (unpaired) electrons. The first-order valence-corrected chi connectivity index (χ1v) is 10.4. The Kier molecular flexibility index (Phi) is 6.36. The number of hydrogen-bond donors (Lipinski definition) is 2. The number of hydrogen-bond acceptors (Lipinski definition) is 7. The third-order valence-corrected chi connectivity index (χ3v) is 6.79. The monoisotopic (exact) mass is 380 g/mol. The van der Waals surface area contributed by atoms with Crippen molar-refractivity contribution in [1.82, 2.24) is 15.5 Å². The maximum Gasteiger partial charge on any atom is 0.230 e. The minimum Gasteiger partial charge on any atom is -0.467 e. The summed E-state index contributed by atoms with van der Waals surface area (Å²) < 4.78 is 6.06. The van der Waals surface area contributed by atoms with E-state index in [4.69, 9.17) is 4.42 Å². The van der Waals surface area contributed by atoms with Crippen molar-refractivity contribution in [3.05, 3.63) is 24.2 Å². The minimum absolute atomic E-state index is 0.0799. The van der Waals surface area contributed by atoms with Gasteiger partial charge in [0.05, 0.1) is 18.6 Å². The lowest BCUT2D eigenvalue weighted by atomic mass is 9.78. The van der Waals surface area contributed by atoms with Crippen LogP contribution in [0.25, 0.3) is 0 Å². The highest BCUT2D eigenvalue weighted by molar-refractivity contribution is 8.01. The molecule has 1 fully saturated rings. The Balaban J connectivity index is 1.41. The molecule has 0 aromatic carbocycles. The molecule has 1 amide bonds. The van der Waals surface area contributed by atoms with E-state index in [0.717, 1.165) is 21.7 Å². The predicted octanol–water partition coefficient (Wildman–Crippen LogP) is 3.78. The number of amides is 1. The summed E-state index contributed by atoms with van der Waals surface area (Å²) in [4.78, 5) is 12.2. The first-order valence-electron chi connectivity index (χ1n) is 8.63. The molecule has 3 rings (SSSR count). The number of carbonyl (C=O) groups is 1. The van der Waals surface area contributed by atoms with Crippen LogP contribution in [0.2, 0.25) is 0 Å². The summed E-state index contributed by atoms with van der Waals surface area (Å²) in [7, 11) is 0. The maximum atomic E-state index is 12.2. The molecule has 0 saturated heterocycles. The van der Waals surface area contributed by atoms with Crippen molar-refractivity contribution in [3.63, 3.8) is 0 Å². The molecule has 2 aromatic heterocycles. The highest BCUT2D eigenvalue weighted by Crippen LogP contribution is 2.30. The number of carbonyl (C=O) groups excluding carboxylic acids is 1. The normalized spacial score (nSPS) is 23.4. The van der Waals surface area contributed by atoms with Crippen LogP contribution in [0.4, 0.5) is 5.13 Å². The van der Waals surface area contributed by atoms with Crippen molar-refractivity contribution in [2.24, 2.45) is 11.8 Å². The smallest absolute Gasteiger partial charge is 0.230 e. The minimum atomic E-state index is 0.0799. The number of rotatable bonds is 7. The van der Waals surface area contributed by atoms with E-state index in [9.17, 15) is 4.79 Å². The van der Waals surface area contributed by atoms with Crippen molar-refractivity contribution in [1.29, 1.82) is 0 Å². The van der Waals surface area contributed by atoms with Gasteiger partial charge in [-0.05, 0) is 30.4 Å². The molecule has 0 spiro atoms. The SMILES string of the molecule is C[C@@H]1[C@H](C)CCC[C@@H]1NC(=O)CSc1nnc(NCc2ccco2)s1. The molecule has 8 heteroatoms. The Morgan fingerprint density at radius 2 is 2.28 bits per heavy atom. The molecular formula is C17H24N4O2S2. The fraction of sp³-hybridized carbons (Fsp3) is 0.588. The van der Waals surface area contributed by atoms with Crippen LogP contribution in [0.3, 0.4) is 0 Å². The lowest BCUT2D eigenvalue weighted by Gasteiger charge is -2.34. The van der Waals surface area contributed by atoms with Gasteiger partial charge in [-0.25, -0.2) is 0 Å². The third-order valence-electron chi connectivity index (χ3n) is 4.78. The van der Waals surface area contributed by atoms with Crippen LogP contribution in [0.1, 0.15) is 38.9 Å². The van der Waals surface area contributed by atoms with Crippen molar-refractivity contribution >= 4 is 34.1 Å². The van der Waals surface area contributed by atoms with E-state index in [1.165, 1.54) is 35.9 Å². The van der Waals surface area contributed by atoms with E-state index >= 15 is 0 Å². The zero-order valence-corrected chi connectivity index (χ0v) is 16.2. The van der Waals surface area contributed by atoms with E-state index in [-0.39, 0.29) is 5.91 Å². The number of nitrogens with one attached hydrogen (secondary N) is 2. The molecule has 6 nitrogen and oxygen atoms in total. The average molecular weight is 381 g/mol. The summed E-state index contributed by atoms with van der Waals surface area (Å²) in [5.74, 6) is 2.53. The topological polar surface area (TPSA) is 80.0 Å². The Labute approximate surface area is 156 Å². The fourth-order valence-corrected chi connectivity index (χ4v) is 4.64. The van der Waals surface area contributed by atoms with Crippen molar-refractivity contribution in [2.75, 3.05) is 11.1 Å². The lowest BCUT2D eigenvalue weighted by Crippen LogP contribution is -2.44. The summed E-state index contributed by atoms with van der Waals surface area (Å²) in [5, 5.41) is 15.3. The molecule has 0 aliphatic heterocycles. The molecule has 25 heavy (non-hydrogen) atoms. The van der Waals surface area contributed by atoms with Gasteiger partial charge in [-0.3, -0.25) is 4.79 Å². The number of aromatic nitrogens is 2. The molecule has 0 bridgehead atoms. The molecular weight excluding hydrogens is 356 g/mol. The molecule has 1 saturated carbocycles. The van der Waals surface area contributed by atoms with Crippen LogP contribution in [-0.4, -0.2) is 27.9 Å². The Hall–Kier alpha value is -1.54. The second-order valence-electron chi connectivity index (χ2n) is 6.54. The van der Waals surface area contributed by atoms with Crippen molar-refractivity contribution < 1.29 is 9.21 Å². The van der Waals surface area contributed by atoms with Crippen LogP contribution >= 0.6 is 23.1 Å². The van der Waals surface area contributed by atoms with Gasteiger partial charge in [0.1, 0.15) is 5.76 Å². The summed E-state index contributed by atoms with van der Waals surface area (Å²) in [5.41, 5.74) is 0. The van der Waals surface area contributed by atoms with Crippen LogP contribution in [0.5, 0.6) is 0 Å². The molecule has 1 aliphatic rings. The van der Waals surface area contributed by atoms with E-state index in [0.29, 0.717) is 30.2 Å². The van der Waals surface area contributed by atoms with E-state index < -0.39 is 0 Å². The fourth-order valence-electron chi connectivity index (χ4n) is 3.08. The second-order valence-corrected chi connectivity index (χ2v) is 8.74. The standard InChI is InChI=1S/C17H24N4O2S2/c1-11-5-3-7-14(12(11)2)19-15(22)10-24-17-21-20-16(25-17)18-9-13-6-4-8-23-13/h4,6,8,11-12,14H,3,5,7,9-10H2,1-2H3,(H,18,20)(H,19,22)/t11-,12-,14+/m1/s1. The summed E-state index contributed by atoms with van der Waals surface area (Å²) in [6, 6.07) is 4.06. The number of anilines is 1. The highest BCUT2D eigenvalue weighted by atomic mass is 32.2. The summed E-state index contributed by atoms with van der Waals surface area (Å²) in [6.07, 6.45) is 5.19. The van der Waals surface area contributed by atoms with Gasteiger partial charge in [-0.2, -0.15) is 0 Å². The number of thioether (sulfide) groups is 1. The molecule has 2 aromatic rings. The van der Waals surface area contributed by atoms with Gasteiger partial charge >= 0.3 is 0 Å². The highest BCUT2D eigenvalue weighted by Gasteiger charge is 2.28. The van der Waals surface area contributed by atoms with Gasteiger partial charge in [0.2, 0.25) is 11.0 Å². The Morgan fingerprint density at radius 1 is 1.40 bits per heavy atom. The van der Waals surface area contributed by atoms with E-state index in [2.05, 4.69) is 34.7 Å². The molecule has 2 N–H and O–H groups in total. The molecule has 2 heterocycles. The zero-order chi connectivity index (χ0) is 17.6. The van der Waals surface area contributed by atoms with Crippen molar-refractivity contribution in [2.45, 2.75) is 50.0 Å². The van der Waals surface area contributed by atoms with Gasteiger partial charge < -0.3 is 15.1 Å². The summed E-state index contributed by atoms with van der Waals surface area (Å²) in [6.45, 7) is 5.09. The number of nitrogens with zero attached hydrogens (tertiary/aromatic N) is 2. The second kappa shape index (κ2) is 8.71. The quantitative estimate of drug-likeness (QED) is 0.712. The lowest BCUT2D eigenvalue weighted by molar-refractivity contribution is -0.119. The first kappa shape index (κ1) is 18.3. The number of furan rings is 1. The van der Waals surface area contributed by atoms with Crippen LogP contribution in [0.15, 0.2) is 27.2 Å². The first-order chi connectivity index (χ1) is 12.1. The van der Waals surface area contributed by atoms with Crippen LogP contribution in [-0.2, 0) is 11.3 Å². The zero-order valence-electron chi connectivity index (χ0n) is 14.5. The molecule has 1 aliphatic carbocycles. The average Bonchev–Trinajstić information content (AvgIpc) is 3.27. The largest absolute Gasteiger partial charge is 0.467 e. The predicted molar refractivity (Wildman–Crippen MR) is 101 cm³/mol. The van der Waals surface area contributed by atoms with Gasteiger partial charge in [-0.1, -0.05) is 49.8 Å². The van der Waals surface area contributed by atoms with Crippen molar-refractivity contribution in [3.8, 4) is 0 Å². The van der Waals surface area contributed by atoms with E-state index in [1.54, 1.807) is 6.26 Å². The summed E-state index contributed by atoms with van der Waals surface area (Å²) >= 11 is 2.88. The Bertz CT molecular complexity index is 674. The third kappa shape index (κ3) is 5.22. The molecule has 136 valence electrons. The van der Waals surface area contributed by atoms with Gasteiger partial charge in [0, 0.05) is 6.04 Å². The maximum absolute atomic E-state index is 12.2. The molecule has 0 unspecified atom stereocenters. The van der Waals surface area contributed by atoms with E-state index in [1.807, 2.05) is 12.1 Å². The van der Waals surface area contributed by atoms with Gasteiger partial charge in [-0.15, -0.1) is 10.2 Å².